The van der Waals surface area contributed by atoms with Crippen LogP contribution in [-0.2, 0) is 0 Å². The minimum absolute atomic E-state index is 0.193. The van der Waals surface area contributed by atoms with Crippen LogP contribution < -0.4 is 10.7 Å². The Kier molecular flexibility index (Phi) is 4.90. The van der Waals surface area contributed by atoms with E-state index in [0.717, 1.165) is 11.3 Å². The molecule has 2 aromatic rings. The van der Waals surface area contributed by atoms with Crippen LogP contribution in [0.3, 0.4) is 0 Å². The van der Waals surface area contributed by atoms with E-state index in [1.807, 2.05) is 37.3 Å². The van der Waals surface area contributed by atoms with Gasteiger partial charge in [-0.1, -0.05) is 24.3 Å². The van der Waals surface area contributed by atoms with Crippen LogP contribution in [0.15, 0.2) is 53.6 Å². The summed E-state index contributed by atoms with van der Waals surface area (Å²) in [5, 5.41) is 17.4. The van der Waals surface area contributed by atoms with Crippen molar-refractivity contribution in [3.05, 3.63) is 59.7 Å². The fourth-order valence-corrected chi connectivity index (χ4v) is 2.02. The summed E-state index contributed by atoms with van der Waals surface area (Å²) in [6.07, 6.45) is 0. The molecule has 0 aromatic heterocycles. The fraction of sp³-hybridized carbons (Fsp3) is 0.125. The molecule has 0 bridgehead atoms. The summed E-state index contributed by atoms with van der Waals surface area (Å²) in [6, 6.07) is 14.9. The summed E-state index contributed by atoms with van der Waals surface area (Å²) in [7, 11) is 0. The number of aryl methyl sites for hydroxylation is 1. The minimum atomic E-state index is 0.193. The first-order valence-electron chi connectivity index (χ1n) is 6.52. The molecule has 0 radical (unpaired) electrons. The second-order valence-corrected chi connectivity index (χ2v) is 5.06. The quantitative estimate of drug-likeness (QED) is 0.462. The molecule has 0 aliphatic heterocycles. The van der Waals surface area contributed by atoms with E-state index < -0.39 is 0 Å². The van der Waals surface area contributed by atoms with Crippen LogP contribution in [0, 0.1) is 6.92 Å². The van der Waals surface area contributed by atoms with E-state index in [0.29, 0.717) is 16.4 Å². The summed E-state index contributed by atoms with van der Waals surface area (Å²) in [5.41, 5.74) is 6.15. The molecule has 4 nitrogen and oxygen atoms in total. The standard InChI is InChI=1S/C16H17N3OS/c1-11-6-5-7-13(10-11)17-16(21)19-18-12(2)14-8-3-4-9-15(14)20/h3-10,20H,1-2H3,(H2,17,19,21)/b18-12+. The Morgan fingerprint density at radius 1 is 1.14 bits per heavy atom. The molecule has 0 amide bonds. The Morgan fingerprint density at radius 2 is 1.90 bits per heavy atom. The number of hydrazone groups is 1. The van der Waals surface area contributed by atoms with Gasteiger partial charge in [0.25, 0.3) is 0 Å². The molecule has 0 heterocycles. The van der Waals surface area contributed by atoms with Gasteiger partial charge in [-0.25, -0.2) is 0 Å². The minimum Gasteiger partial charge on any atom is -0.507 e. The second kappa shape index (κ2) is 6.85. The van der Waals surface area contributed by atoms with Gasteiger partial charge in [-0.05, 0) is 55.9 Å². The smallest absolute Gasteiger partial charge is 0.191 e. The van der Waals surface area contributed by atoms with Crippen molar-refractivity contribution in [2.45, 2.75) is 13.8 Å². The number of benzene rings is 2. The van der Waals surface area contributed by atoms with Crippen molar-refractivity contribution < 1.29 is 5.11 Å². The molecular formula is C16H17N3OS. The average Bonchev–Trinajstić information content (AvgIpc) is 2.45. The molecule has 5 heteroatoms. The molecule has 21 heavy (non-hydrogen) atoms. The first-order valence-corrected chi connectivity index (χ1v) is 6.93. The second-order valence-electron chi connectivity index (χ2n) is 4.65. The summed E-state index contributed by atoms with van der Waals surface area (Å²) >= 11 is 5.19. The van der Waals surface area contributed by atoms with E-state index in [9.17, 15) is 5.11 Å². The highest BCUT2D eigenvalue weighted by molar-refractivity contribution is 7.80. The van der Waals surface area contributed by atoms with Gasteiger partial charge in [-0.3, -0.25) is 5.43 Å². The predicted octanol–water partition coefficient (Wildman–Crippen LogP) is 3.41. The van der Waals surface area contributed by atoms with Crippen LogP contribution in [0.1, 0.15) is 18.1 Å². The Morgan fingerprint density at radius 3 is 2.62 bits per heavy atom. The van der Waals surface area contributed by atoms with E-state index in [2.05, 4.69) is 15.8 Å². The molecule has 0 fully saturated rings. The molecular weight excluding hydrogens is 282 g/mol. The van der Waals surface area contributed by atoms with E-state index in [4.69, 9.17) is 12.2 Å². The number of nitrogens with zero attached hydrogens (tertiary/aromatic N) is 1. The van der Waals surface area contributed by atoms with Gasteiger partial charge in [0.15, 0.2) is 5.11 Å². The van der Waals surface area contributed by atoms with Crippen molar-refractivity contribution in [2.24, 2.45) is 5.10 Å². The van der Waals surface area contributed by atoms with Gasteiger partial charge < -0.3 is 10.4 Å². The van der Waals surface area contributed by atoms with E-state index in [1.165, 1.54) is 0 Å². The van der Waals surface area contributed by atoms with E-state index >= 15 is 0 Å². The number of phenolic OH excluding ortho intramolecular Hbond substituents is 1. The van der Waals surface area contributed by atoms with Gasteiger partial charge in [-0.15, -0.1) is 0 Å². The fourth-order valence-electron chi connectivity index (χ4n) is 1.86. The summed E-state index contributed by atoms with van der Waals surface area (Å²) in [6.45, 7) is 3.82. The molecule has 3 N–H and O–H groups in total. The first-order chi connectivity index (χ1) is 10.1. The lowest BCUT2D eigenvalue weighted by Crippen LogP contribution is -2.25. The van der Waals surface area contributed by atoms with Crippen molar-refractivity contribution in [3.8, 4) is 5.75 Å². The van der Waals surface area contributed by atoms with Crippen LogP contribution in [0.2, 0.25) is 0 Å². The highest BCUT2D eigenvalue weighted by Crippen LogP contribution is 2.16. The molecule has 0 spiro atoms. The maximum atomic E-state index is 9.75. The number of hydrogen-bond acceptors (Lipinski definition) is 3. The molecule has 0 saturated heterocycles. The third kappa shape index (κ3) is 4.29. The number of aromatic hydroxyl groups is 1. The van der Waals surface area contributed by atoms with Crippen molar-refractivity contribution in [2.75, 3.05) is 5.32 Å². The van der Waals surface area contributed by atoms with Gasteiger partial charge in [0, 0.05) is 11.3 Å². The maximum absolute atomic E-state index is 9.75. The SMILES string of the molecule is C/C(=N\NC(=S)Nc1cccc(C)c1)c1ccccc1O. The van der Waals surface area contributed by atoms with Crippen molar-refractivity contribution in [1.29, 1.82) is 0 Å². The lowest BCUT2D eigenvalue weighted by Gasteiger charge is -2.09. The number of hydrogen-bond donors (Lipinski definition) is 3. The first kappa shape index (κ1) is 15.0. The highest BCUT2D eigenvalue weighted by atomic mass is 32.1. The normalized spacial score (nSPS) is 11.0. The third-order valence-electron chi connectivity index (χ3n) is 2.89. The molecule has 0 aliphatic carbocycles. The molecule has 0 atom stereocenters. The number of rotatable bonds is 3. The number of thiocarbonyl (C=S) groups is 1. The van der Waals surface area contributed by atoms with Crippen LogP contribution in [0.25, 0.3) is 0 Å². The van der Waals surface area contributed by atoms with Gasteiger partial charge in [0.05, 0.1) is 5.71 Å². The average molecular weight is 299 g/mol. The Bertz CT molecular complexity index is 683. The van der Waals surface area contributed by atoms with Crippen LogP contribution in [0.5, 0.6) is 5.75 Å². The Labute approximate surface area is 129 Å². The summed E-state index contributed by atoms with van der Waals surface area (Å²) < 4.78 is 0. The monoisotopic (exact) mass is 299 g/mol. The molecule has 0 unspecified atom stereocenters. The van der Waals surface area contributed by atoms with E-state index in [1.54, 1.807) is 25.1 Å². The van der Waals surface area contributed by atoms with Gasteiger partial charge in [0.2, 0.25) is 0 Å². The van der Waals surface area contributed by atoms with Crippen molar-refractivity contribution >= 4 is 28.7 Å². The number of nitrogens with one attached hydrogen (secondary N) is 2. The largest absolute Gasteiger partial charge is 0.507 e. The van der Waals surface area contributed by atoms with Gasteiger partial charge in [-0.2, -0.15) is 5.10 Å². The van der Waals surface area contributed by atoms with Crippen molar-refractivity contribution in [1.82, 2.24) is 5.43 Å². The zero-order chi connectivity index (χ0) is 15.2. The molecule has 108 valence electrons. The highest BCUT2D eigenvalue weighted by Gasteiger charge is 2.03. The van der Waals surface area contributed by atoms with Gasteiger partial charge in [0.1, 0.15) is 5.75 Å². The zero-order valence-corrected chi connectivity index (χ0v) is 12.7. The predicted molar refractivity (Wildman–Crippen MR) is 90.9 cm³/mol. The van der Waals surface area contributed by atoms with E-state index in [-0.39, 0.29) is 5.75 Å². The number of para-hydroxylation sites is 1. The molecule has 2 rings (SSSR count). The summed E-state index contributed by atoms with van der Waals surface area (Å²) in [4.78, 5) is 0. The zero-order valence-electron chi connectivity index (χ0n) is 11.9. The van der Waals surface area contributed by atoms with Gasteiger partial charge >= 0.3 is 0 Å². The molecule has 0 aliphatic rings. The Balaban J connectivity index is 2.00. The van der Waals surface area contributed by atoms with Crippen LogP contribution >= 0.6 is 12.2 Å². The van der Waals surface area contributed by atoms with Crippen LogP contribution in [-0.4, -0.2) is 15.9 Å². The lowest BCUT2D eigenvalue weighted by molar-refractivity contribution is 0.474. The molecule has 0 saturated carbocycles. The van der Waals surface area contributed by atoms with Crippen molar-refractivity contribution in [3.63, 3.8) is 0 Å². The lowest BCUT2D eigenvalue weighted by atomic mass is 10.1. The van der Waals surface area contributed by atoms with Crippen LogP contribution in [0.4, 0.5) is 5.69 Å². The third-order valence-corrected chi connectivity index (χ3v) is 3.09. The number of anilines is 1. The Hall–Kier alpha value is -2.40. The number of phenols is 1. The summed E-state index contributed by atoms with van der Waals surface area (Å²) in [5.74, 6) is 0.193. The topological polar surface area (TPSA) is 56.7 Å². The molecule has 2 aromatic carbocycles. The maximum Gasteiger partial charge on any atom is 0.191 e.